The summed E-state index contributed by atoms with van der Waals surface area (Å²) in [6.45, 7) is 3.98. The van der Waals surface area contributed by atoms with E-state index in [0.29, 0.717) is 21.5 Å². The fourth-order valence-electron chi connectivity index (χ4n) is 2.85. The third-order valence-corrected chi connectivity index (χ3v) is 6.23. The maximum Gasteiger partial charge on any atom is 0.260 e. The smallest absolute Gasteiger partial charge is 0.260 e. The van der Waals surface area contributed by atoms with Crippen molar-refractivity contribution in [3.05, 3.63) is 76.6 Å². The van der Waals surface area contributed by atoms with Crippen molar-refractivity contribution in [1.29, 1.82) is 0 Å². The van der Waals surface area contributed by atoms with Gasteiger partial charge in [0.2, 0.25) is 0 Å². The Kier molecular flexibility index (Phi) is 6.25. The van der Waals surface area contributed by atoms with E-state index in [4.69, 9.17) is 4.52 Å². The number of anilines is 1. The standard InChI is InChI=1S/C22H20N4O2S2/c1-3-15-6-8-16(9-7-15)19-13-30-22(24-19)25-20(27)18-5-4-10-23-21(18)29-12-17-11-14(2)28-26-17/h4-11,13H,3,12H2,1-2H3,(H,24,25,27). The number of rotatable bonds is 7. The Bertz CT molecular complexity index is 1150. The second kappa shape index (κ2) is 9.23. The molecular weight excluding hydrogens is 416 g/mol. The first kappa shape index (κ1) is 20.3. The fourth-order valence-corrected chi connectivity index (χ4v) is 4.43. The summed E-state index contributed by atoms with van der Waals surface area (Å²) in [4.78, 5) is 21.8. The van der Waals surface area contributed by atoms with Crippen LogP contribution in [0.2, 0.25) is 0 Å². The lowest BCUT2D eigenvalue weighted by molar-refractivity contribution is 0.102. The van der Waals surface area contributed by atoms with Crippen LogP contribution in [-0.2, 0) is 12.2 Å². The van der Waals surface area contributed by atoms with E-state index in [0.717, 1.165) is 29.1 Å². The van der Waals surface area contributed by atoms with Gasteiger partial charge in [-0.15, -0.1) is 11.3 Å². The van der Waals surface area contributed by atoms with Gasteiger partial charge in [0.05, 0.1) is 17.0 Å². The molecule has 4 aromatic rings. The van der Waals surface area contributed by atoms with Crippen LogP contribution in [0.25, 0.3) is 11.3 Å². The van der Waals surface area contributed by atoms with Crippen molar-refractivity contribution < 1.29 is 9.32 Å². The number of thiazole rings is 1. The van der Waals surface area contributed by atoms with E-state index in [1.54, 1.807) is 18.3 Å². The Morgan fingerprint density at radius 1 is 1.23 bits per heavy atom. The molecule has 0 bridgehead atoms. The molecule has 4 rings (SSSR count). The highest BCUT2D eigenvalue weighted by molar-refractivity contribution is 7.98. The molecule has 0 radical (unpaired) electrons. The predicted octanol–water partition coefficient (Wildman–Crippen LogP) is 5.61. The Morgan fingerprint density at radius 2 is 2.07 bits per heavy atom. The second-order valence-electron chi connectivity index (χ2n) is 6.62. The molecule has 1 amide bonds. The zero-order chi connectivity index (χ0) is 20.9. The largest absolute Gasteiger partial charge is 0.361 e. The van der Waals surface area contributed by atoms with Crippen LogP contribution in [0, 0.1) is 6.92 Å². The van der Waals surface area contributed by atoms with Gasteiger partial charge in [-0.3, -0.25) is 10.1 Å². The summed E-state index contributed by atoms with van der Waals surface area (Å²) < 4.78 is 5.09. The molecule has 0 saturated heterocycles. The molecule has 0 spiro atoms. The average molecular weight is 437 g/mol. The first-order chi connectivity index (χ1) is 14.6. The molecule has 6 nitrogen and oxygen atoms in total. The van der Waals surface area contributed by atoms with Gasteiger partial charge in [-0.25, -0.2) is 9.97 Å². The lowest BCUT2D eigenvalue weighted by Crippen LogP contribution is -2.13. The number of benzene rings is 1. The molecule has 0 unspecified atom stereocenters. The van der Waals surface area contributed by atoms with E-state index in [1.165, 1.54) is 28.7 Å². The van der Waals surface area contributed by atoms with Crippen molar-refractivity contribution in [2.24, 2.45) is 0 Å². The number of aryl methyl sites for hydroxylation is 2. The minimum absolute atomic E-state index is 0.232. The van der Waals surface area contributed by atoms with Crippen LogP contribution in [0.4, 0.5) is 5.13 Å². The number of carbonyl (C=O) groups excluding carboxylic acids is 1. The van der Waals surface area contributed by atoms with Gasteiger partial charge in [0, 0.05) is 29.0 Å². The number of hydrogen-bond donors (Lipinski definition) is 1. The molecule has 152 valence electrons. The van der Waals surface area contributed by atoms with Crippen molar-refractivity contribution in [3.8, 4) is 11.3 Å². The first-order valence-corrected chi connectivity index (χ1v) is 11.3. The second-order valence-corrected chi connectivity index (χ2v) is 8.44. The van der Waals surface area contributed by atoms with E-state index in [9.17, 15) is 4.79 Å². The van der Waals surface area contributed by atoms with Gasteiger partial charge in [0.1, 0.15) is 10.8 Å². The van der Waals surface area contributed by atoms with Gasteiger partial charge in [0.25, 0.3) is 5.91 Å². The molecule has 0 fully saturated rings. The highest BCUT2D eigenvalue weighted by Gasteiger charge is 2.16. The number of amides is 1. The molecule has 3 aromatic heterocycles. The van der Waals surface area contributed by atoms with Crippen LogP contribution in [0.3, 0.4) is 0 Å². The summed E-state index contributed by atoms with van der Waals surface area (Å²) in [7, 11) is 0. The van der Waals surface area contributed by atoms with Gasteiger partial charge in [-0.05, 0) is 31.0 Å². The molecule has 0 aliphatic heterocycles. The van der Waals surface area contributed by atoms with Gasteiger partial charge in [-0.1, -0.05) is 48.1 Å². The number of hydrogen-bond acceptors (Lipinski definition) is 7. The van der Waals surface area contributed by atoms with Crippen LogP contribution < -0.4 is 5.32 Å². The normalized spacial score (nSPS) is 10.9. The van der Waals surface area contributed by atoms with E-state index in [2.05, 4.69) is 51.6 Å². The van der Waals surface area contributed by atoms with Gasteiger partial charge in [0.15, 0.2) is 5.13 Å². The fraction of sp³-hybridized carbons (Fsp3) is 0.182. The molecule has 1 aromatic carbocycles. The lowest BCUT2D eigenvalue weighted by Gasteiger charge is -2.06. The van der Waals surface area contributed by atoms with Crippen LogP contribution in [0.1, 0.15) is 34.3 Å². The number of nitrogens with zero attached hydrogens (tertiary/aromatic N) is 3. The number of carbonyl (C=O) groups is 1. The molecule has 0 saturated carbocycles. The first-order valence-electron chi connectivity index (χ1n) is 9.48. The SMILES string of the molecule is CCc1ccc(-c2csc(NC(=O)c3cccnc3SCc3cc(C)on3)n2)cc1. The van der Waals surface area contributed by atoms with E-state index in [1.807, 2.05) is 18.4 Å². The third-order valence-electron chi connectivity index (χ3n) is 4.43. The molecule has 1 N–H and O–H groups in total. The third kappa shape index (κ3) is 4.77. The van der Waals surface area contributed by atoms with Crippen LogP contribution in [0.15, 0.2) is 63.6 Å². The van der Waals surface area contributed by atoms with Crippen molar-refractivity contribution in [2.75, 3.05) is 5.32 Å². The Morgan fingerprint density at radius 3 is 2.80 bits per heavy atom. The zero-order valence-corrected chi connectivity index (χ0v) is 18.2. The number of thioether (sulfide) groups is 1. The number of pyridine rings is 1. The van der Waals surface area contributed by atoms with Crippen LogP contribution in [0.5, 0.6) is 0 Å². The van der Waals surface area contributed by atoms with E-state index >= 15 is 0 Å². The van der Waals surface area contributed by atoms with Crippen molar-refractivity contribution >= 4 is 34.1 Å². The average Bonchev–Trinajstić information content (AvgIpc) is 3.41. The molecule has 0 aliphatic rings. The Hall–Kier alpha value is -2.97. The van der Waals surface area contributed by atoms with Gasteiger partial charge >= 0.3 is 0 Å². The van der Waals surface area contributed by atoms with Crippen LogP contribution >= 0.6 is 23.1 Å². The maximum absolute atomic E-state index is 12.8. The topological polar surface area (TPSA) is 80.9 Å². The molecule has 8 heteroatoms. The van der Waals surface area contributed by atoms with E-state index in [-0.39, 0.29) is 5.91 Å². The van der Waals surface area contributed by atoms with Gasteiger partial charge < -0.3 is 4.52 Å². The molecule has 3 heterocycles. The van der Waals surface area contributed by atoms with Crippen molar-refractivity contribution in [2.45, 2.75) is 31.0 Å². The molecule has 30 heavy (non-hydrogen) atoms. The molecular formula is C22H20N4O2S2. The van der Waals surface area contributed by atoms with E-state index < -0.39 is 0 Å². The highest BCUT2D eigenvalue weighted by atomic mass is 32.2. The Balaban J connectivity index is 1.45. The summed E-state index contributed by atoms with van der Waals surface area (Å²) in [5, 5.41) is 10.0. The predicted molar refractivity (Wildman–Crippen MR) is 120 cm³/mol. The molecule has 0 atom stereocenters. The summed E-state index contributed by atoms with van der Waals surface area (Å²) in [5.41, 5.74) is 4.48. The van der Waals surface area contributed by atoms with Crippen LogP contribution in [-0.4, -0.2) is 21.0 Å². The summed E-state index contributed by atoms with van der Waals surface area (Å²) in [6, 6.07) is 13.7. The quantitative estimate of drug-likeness (QED) is 0.379. The monoisotopic (exact) mass is 436 g/mol. The summed E-state index contributed by atoms with van der Waals surface area (Å²) in [6.07, 6.45) is 2.68. The maximum atomic E-state index is 12.8. The minimum atomic E-state index is -0.232. The van der Waals surface area contributed by atoms with Crippen molar-refractivity contribution in [1.82, 2.24) is 15.1 Å². The zero-order valence-electron chi connectivity index (χ0n) is 16.6. The summed E-state index contributed by atoms with van der Waals surface area (Å²) in [5.74, 6) is 1.10. The lowest BCUT2D eigenvalue weighted by atomic mass is 10.1. The molecule has 0 aliphatic carbocycles. The number of nitrogens with one attached hydrogen (secondary N) is 1. The minimum Gasteiger partial charge on any atom is -0.361 e. The highest BCUT2D eigenvalue weighted by Crippen LogP contribution is 2.28. The Labute approximate surface area is 182 Å². The summed E-state index contributed by atoms with van der Waals surface area (Å²) >= 11 is 2.85. The van der Waals surface area contributed by atoms with Gasteiger partial charge in [-0.2, -0.15) is 0 Å². The number of aromatic nitrogens is 3. The van der Waals surface area contributed by atoms with Crippen molar-refractivity contribution in [3.63, 3.8) is 0 Å².